The second-order valence-electron chi connectivity index (χ2n) is 4.22. The molecule has 1 aliphatic heterocycles. The van der Waals surface area contributed by atoms with Crippen LogP contribution in [0.3, 0.4) is 0 Å². The summed E-state index contributed by atoms with van der Waals surface area (Å²) in [7, 11) is 0. The summed E-state index contributed by atoms with van der Waals surface area (Å²) in [5.41, 5.74) is 6.04. The minimum atomic E-state index is 0.199. The molecule has 2 aromatic rings. The van der Waals surface area contributed by atoms with E-state index in [2.05, 4.69) is 23.1 Å². The van der Waals surface area contributed by atoms with Crippen LogP contribution in [0.1, 0.15) is 25.2 Å². The zero-order valence-electron chi connectivity index (χ0n) is 9.13. The normalized spacial score (nSPS) is 24.4. The third kappa shape index (κ3) is 1.47. The second kappa shape index (κ2) is 3.68. The fraction of sp³-hybridized carbons (Fsp3) is 0.455. The molecule has 0 spiro atoms. The second-order valence-corrected chi connectivity index (χ2v) is 5.16. The Morgan fingerprint density at radius 3 is 3.19 bits per heavy atom. The molecule has 3 heterocycles. The van der Waals surface area contributed by atoms with Gasteiger partial charge in [0, 0.05) is 12.5 Å². The van der Waals surface area contributed by atoms with Gasteiger partial charge in [0.25, 0.3) is 0 Å². The van der Waals surface area contributed by atoms with Gasteiger partial charge in [-0.25, -0.2) is 9.67 Å². The third-order valence-electron chi connectivity index (χ3n) is 3.15. The van der Waals surface area contributed by atoms with Gasteiger partial charge in [0.05, 0.1) is 10.9 Å². The number of nitrogens with zero attached hydrogens (tertiary/aromatic N) is 3. The summed E-state index contributed by atoms with van der Waals surface area (Å²) in [5, 5.41) is 6.61. The van der Waals surface area contributed by atoms with Crippen molar-refractivity contribution in [3.05, 3.63) is 23.3 Å². The lowest BCUT2D eigenvalue weighted by atomic mass is 10.0. The van der Waals surface area contributed by atoms with Gasteiger partial charge in [0.2, 0.25) is 0 Å². The Hall–Kier alpha value is -1.20. The molecule has 16 heavy (non-hydrogen) atoms. The Balaban J connectivity index is 2.04. The highest BCUT2D eigenvalue weighted by Gasteiger charge is 2.26. The Morgan fingerprint density at radius 1 is 1.56 bits per heavy atom. The zero-order valence-corrected chi connectivity index (χ0v) is 9.94. The molecule has 0 saturated carbocycles. The molecule has 0 fully saturated rings. The van der Waals surface area contributed by atoms with Gasteiger partial charge in [-0.1, -0.05) is 6.07 Å². The Morgan fingerprint density at radius 2 is 2.44 bits per heavy atom. The van der Waals surface area contributed by atoms with Crippen molar-refractivity contribution >= 4 is 11.3 Å². The molecule has 4 nitrogen and oxygen atoms in total. The lowest BCUT2D eigenvalue weighted by molar-refractivity contribution is 0.339. The van der Waals surface area contributed by atoms with Gasteiger partial charge in [-0.3, -0.25) is 0 Å². The van der Waals surface area contributed by atoms with Crippen LogP contribution in [-0.4, -0.2) is 20.8 Å². The van der Waals surface area contributed by atoms with Gasteiger partial charge in [0.1, 0.15) is 5.82 Å². The van der Waals surface area contributed by atoms with Crippen LogP contribution < -0.4 is 5.73 Å². The van der Waals surface area contributed by atoms with Crippen molar-refractivity contribution in [2.75, 3.05) is 0 Å². The fourth-order valence-corrected chi connectivity index (χ4v) is 2.73. The summed E-state index contributed by atoms with van der Waals surface area (Å²) in [6.07, 6.45) is 1.94. The first-order valence-electron chi connectivity index (χ1n) is 5.50. The molecule has 2 atom stereocenters. The SMILES string of the molecule is CC1C(N)CCc2nc(-c3cccs3)nn21. The number of hydrogen-bond donors (Lipinski definition) is 1. The summed E-state index contributed by atoms with van der Waals surface area (Å²) in [4.78, 5) is 5.71. The summed E-state index contributed by atoms with van der Waals surface area (Å²) in [6.45, 7) is 2.11. The van der Waals surface area contributed by atoms with E-state index in [1.54, 1.807) is 11.3 Å². The highest BCUT2D eigenvalue weighted by Crippen LogP contribution is 2.27. The molecular formula is C11H14N4S. The molecule has 0 aliphatic carbocycles. The first-order valence-corrected chi connectivity index (χ1v) is 6.38. The average Bonchev–Trinajstić information content (AvgIpc) is 2.91. The lowest BCUT2D eigenvalue weighted by Gasteiger charge is -2.25. The maximum atomic E-state index is 6.04. The van der Waals surface area contributed by atoms with Crippen LogP contribution >= 0.6 is 11.3 Å². The third-order valence-corrected chi connectivity index (χ3v) is 4.02. The molecule has 2 aromatic heterocycles. The number of rotatable bonds is 1. The molecule has 84 valence electrons. The number of nitrogens with two attached hydrogens (primary N) is 1. The molecule has 0 radical (unpaired) electrons. The maximum absolute atomic E-state index is 6.04. The zero-order chi connectivity index (χ0) is 11.1. The van der Waals surface area contributed by atoms with Crippen LogP contribution in [0.2, 0.25) is 0 Å². The van der Waals surface area contributed by atoms with Gasteiger partial charge < -0.3 is 5.73 Å². The maximum Gasteiger partial charge on any atom is 0.191 e. The largest absolute Gasteiger partial charge is 0.326 e. The molecule has 3 rings (SSSR count). The van der Waals surface area contributed by atoms with Crippen LogP contribution in [-0.2, 0) is 6.42 Å². The number of hydrogen-bond acceptors (Lipinski definition) is 4. The Kier molecular flexibility index (Phi) is 2.29. The molecular weight excluding hydrogens is 220 g/mol. The quantitative estimate of drug-likeness (QED) is 0.819. The van der Waals surface area contributed by atoms with E-state index in [0.29, 0.717) is 0 Å². The van der Waals surface area contributed by atoms with Crippen molar-refractivity contribution in [1.82, 2.24) is 14.8 Å². The van der Waals surface area contributed by atoms with E-state index in [0.717, 1.165) is 29.4 Å². The molecule has 2 unspecified atom stereocenters. The summed E-state index contributed by atoms with van der Waals surface area (Å²) in [6, 6.07) is 4.53. The van der Waals surface area contributed by atoms with Crippen molar-refractivity contribution in [3.8, 4) is 10.7 Å². The van der Waals surface area contributed by atoms with Crippen LogP contribution in [0.15, 0.2) is 17.5 Å². The number of fused-ring (bicyclic) bond motifs is 1. The summed E-state index contributed by atoms with van der Waals surface area (Å²) < 4.78 is 1.99. The van der Waals surface area contributed by atoms with Crippen molar-refractivity contribution in [2.45, 2.75) is 31.8 Å². The molecule has 1 aliphatic rings. The van der Waals surface area contributed by atoms with Gasteiger partial charge in [-0.05, 0) is 24.8 Å². The van der Waals surface area contributed by atoms with Gasteiger partial charge in [0.15, 0.2) is 5.82 Å². The van der Waals surface area contributed by atoms with Gasteiger partial charge in [-0.15, -0.1) is 16.4 Å². The standard InChI is InChI=1S/C11H14N4S/c1-7-8(12)4-5-10-13-11(14-15(7)10)9-3-2-6-16-9/h2-3,6-8H,4-5,12H2,1H3. The van der Waals surface area contributed by atoms with Crippen LogP contribution in [0.4, 0.5) is 0 Å². The van der Waals surface area contributed by atoms with Gasteiger partial charge in [-0.2, -0.15) is 0 Å². The highest BCUT2D eigenvalue weighted by atomic mass is 32.1. The van der Waals surface area contributed by atoms with E-state index in [-0.39, 0.29) is 12.1 Å². The van der Waals surface area contributed by atoms with Gasteiger partial charge >= 0.3 is 0 Å². The molecule has 0 aromatic carbocycles. The van der Waals surface area contributed by atoms with E-state index in [1.165, 1.54) is 0 Å². The Labute approximate surface area is 98.1 Å². The average molecular weight is 234 g/mol. The lowest BCUT2D eigenvalue weighted by Crippen LogP contribution is -2.36. The molecule has 5 heteroatoms. The Bertz CT molecular complexity index is 488. The van der Waals surface area contributed by atoms with Crippen LogP contribution in [0.25, 0.3) is 10.7 Å². The molecule has 0 saturated heterocycles. The van der Waals surface area contributed by atoms with E-state index in [9.17, 15) is 0 Å². The van der Waals surface area contributed by atoms with E-state index >= 15 is 0 Å². The highest BCUT2D eigenvalue weighted by molar-refractivity contribution is 7.13. The van der Waals surface area contributed by atoms with Crippen molar-refractivity contribution < 1.29 is 0 Å². The van der Waals surface area contributed by atoms with Crippen molar-refractivity contribution in [1.29, 1.82) is 0 Å². The van der Waals surface area contributed by atoms with Crippen LogP contribution in [0.5, 0.6) is 0 Å². The first-order chi connectivity index (χ1) is 7.75. The number of aromatic nitrogens is 3. The number of aryl methyl sites for hydroxylation is 1. The van der Waals surface area contributed by atoms with E-state index < -0.39 is 0 Å². The topological polar surface area (TPSA) is 56.7 Å². The smallest absolute Gasteiger partial charge is 0.191 e. The number of thiophene rings is 1. The van der Waals surface area contributed by atoms with E-state index in [4.69, 9.17) is 5.73 Å². The molecule has 0 bridgehead atoms. The molecule has 0 amide bonds. The minimum absolute atomic E-state index is 0.199. The predicted molar refractivity (Wildman–Crippen MR) is 64.3 cm³/mol. The van der Waals surface area contributed by atoms with Crippen molar-refractivity contribution in [2.24, 2.45) is 5.73 Å². The van der Waals surface area contributed by atoms with Crippen LogP contribution in [0, 0.1) is 0 Å². The van der Waals surface area contributed by atoms with E-state index in [1.807, 2.05) is 16.1 Å². The fourth-order valence-electron chi connectivity index (χ4n) is 2.08. The first kappa shape index (κ1) is 9.99. The summed E-state index contributed by atoms with van der Waals surface area (Å²) >= 11 is 1.67. The monoisotopic (exact) mass is 234 g/mol. The molecule has 2 N–H and O–H groups in total. The summed E-state index contributed by atoms with van der Waals surface area (Å²) in [5.74, 6) is 1.91. The van der Waals surface area contributed by atoms with Crippen molar-refractivity contribution in [3.63, 3.8) is 0 Å². The predicted octanol–water partition coefficient (Wildman–Crippen LogP) is 1.84. The minimum Gasteiger partial charge on any atom is -0.326 e.